The monoisotopic (exact) mass is 172 g/mol. The molecule has 1 saturated carbocycles. The van der Waals surface area contributed by atoms with Gasteiger partial charge in [-0.15, -0.1) is 0 Å². The summed E-state index contributed by atoms with van der Waals surface area (Å²) >= 11 is 0. The lowest BCUT2D eigenvalue weighted by atomic mass is 10.1. The zero-order valence-corrected chi connectivity index (χ0v) is 6.73. The summed E-state index contributed by atoms with van der Waals surface area (Å²) in [5.41, 5.74) is 0. The summed E-state index contributed by atoms with van der Waals surface area (Å²) in [5, 5.41) is 8.37. The molecule has 4 nitrogen and oxygen atoms in total. The number of rotatable bonds is 1. The van der Waals surface area contributed by atoms with E-state index in [-0.39, 0.29) is 12.2 Å². The molecular weight excluding hydrogens is 160 g/mol. The number of carbonyl (C=O) groups is 1. The predicted octanol–water partition coefficient (Wildman–Crippen LogP) is 1.25. The summed E-state index contributed by atoms with van der Waals surface area (Å²) in [4.78, 5) is 10.2. The smallest absolute Gasteiger partial charge is 0.450 e. The van der Waals surface area contributed by atoms with Crippen LogP contribution in [0.4, 0.5) is 4.79 Å². The van der Waals surface area contributed by atoms with Gasteiger partial charge in [-0.2, -0.15) is 0 Å². The van der Waals surface area contributed by atoms with Crippen molar-refractivity contribution in [2.24, 2.45) is 5.92 Å². The van der Waals surface area contributed by atoms with E-state index in [2.05, 4.69) is 4.74 Å². The topological polar surface area (TPSA) is 55.8 Å². The van der Waals surface area contributed by atoms with E-state index in [9.17, 15) is 4.79 Å². The molecule has 1 saturated heterocycles. The Hall–Kier alpha value is -0.770. The van der Waals surface area contributed by atoms with Crippen molar-refractivity contribution in [3.8, 4) is 0 Å². The van der Waals surface area contributed by atoms with Gasteiger partial charge in [-0.25, -0.2) is 4.79 Å². The molecule has 68 valence electrons. The van der Waals surface area contributed by atoms with Gasteiger partial charge in [0.15, 0.2) is 0 Å². The van der Waals surface area contributed by atoms with Crippen LogP contribution in [0.25, 0.3) is 0 Å². The zero-order chi connectivity index (χ0) is 8.55. The minimum absolute atomic E-state index is 0.127. The number of hydrogen-bond donors (Lipinski definition) is 1. The van der Waals surface area contributed by atoms with Crippen molar-refractivity contribution in [3.63, 3.8) is 0 Å². The van der Waals surface area contributed by atoms with Gasteiger partial charge in [0, 0.05) is 13.0 Å². The van der Waals surface area contributed by atoms with Gasteiger partial charge >= 0.3 is 6.16 Å². The second-order valence-electron chi connectivity index (χ2n) is 3.44. The highest BCUT2D eigenvalue weighted by atomic mass is 16.7. The number of carboxylic acid groups (broad SMARTS) is 1. The van der Waals surface area contributed by atoms with Crippen molar-refractivity contribution >= 4 is 6.16 Å². The van der Waals surface area contributed by atoms with Gasteiger partial charge in [-0.05, 0) is 18.8 Å². The van der Waals surface area contributed by atoms with E-state index >= 15 is 0 Å². The Morgan fingerprint density at radius 1 is 1.50 bits per heavy atom. The first kappa shape index (κ1) is 7.86. The summed E-state index contributed by atoms with van der Waals surface area (Å²) in [7, 11) is 0. The molecule has 1 heterocycles. The standard InChI is InChI=1S/C8H12O4/c9-8(10)12-6-3-5-1-2-11-7(5)4-6/h5-7H,1-4H2,(H,9,10). The first-order valence-corrected chi connectivity index (χ1v) is 4.27. The van der Waals surface area contributed by atoms with Crippen LogP contribution in [0.5, 0.6) is 0 Å². The Bertz CT molecular complexity index is 179. The van der Waals surface area contributed by atoms with Gasteiger partial charge in [-0.1, -0.05) is 0 Å². The van der Waals surface area contributed by atoms with Crippen molar-refractivity contribution in [2.45, 2.75) is 31.5 Å². The summed E-state index contributed by atoms with van der Waals surface area (Å²) in [6.45, 7) is 0.828. The van der Waals surface area contributed by atoms with E-state index < -0.39 is 6.16 Å². The largest absolute Gasteiger partial charge is 0.506 e. The molecule has 1 aliphatic carbocycles. The summed E-state index contributed by atoms with van der Waals surface area (Å²) < 4.78 is 10.1. The van der Waals surface area contributed by atoms with E-state index in [1.165, 1.54) is 0 Å². The first-order chi connectivity index (χ1) is 5.75. The van der Waals surface area contributed by atoms with E-state index in [0.717, 1.165) is 25.9 Å². The number of fused-ring (bicyclic) bond motifs is 1. The summed E-state index contributed by atoms with van der Waals surface area (Å²) in [5.74, 6) is 0.536. The Kier molecular flexibility index (Phi) is 1.92. The average Bonchev–Trinajstić information content (AvgIpc) is 2.43. The maximum Gasteiger partial charge on any atom is 0.506 e. The van der Waals surface area contributed by atoms with Crippen molar-refractivity contribution in [2.75, 3.05) is 6.61 Å². The van der Waals surface area contributed by atoms with Crippen LogP contribution in [0.15, 0.2) is 0 Å². The third-order valence-electron chi connectivity index (χ3n) is 2.67. The van der Waals surface area contributed by atoms with Crippen LogP contribution in [0.2, 0.25) is 0 Å². The van der Waals surface area contributed by atoms with Crippen molar-refractivity contribution in [1.29, 1.82) is 0 Å². The number of hydrogen-bond acceptors (Lipinski definition) is 3. The van der Waals surface area contributed by atoms with Crippen LogP contribution in [0, 0.1) is 5.92 Å². The molecule has 2 rings (SSSR count). The molecule has 12 heavy (non-hydrogen) atoms. The van der Waals surface area contributed by atoms with E-state index in [0.29, 0.717) is 5.92 Å². The van der Waals surface area contributed by atoms with Gasteiger partial charge in [0.25, 0.3) is 0 Å². The molecule has 0 aromatic rings. The average molecular weight is 172 g/mol. The molecule has 0 aromatic heterocycles. The predicted molar refractivity (Wildman–Crippen MR) is 40.0 cm³/mol. The fourth-order valence-electron chi connectivity index (χ4n) is 2.15. The van der Waals surface area contributed by atoms with Gasteiger partial charge in [0.05, 0.1) is 6.10 Å². The molecule has 0 radical (unpaired) electrons. The quantitative estimate of drug-likeness (QED) is 0.605. The maximum atomic E-state index is 10.2. The minimum Gasteiger partial charge on any atom is -0.450 e. The van der Waals surface area contributed by atoms with Crippen LogP contribution in [-0.2, 0) is 9.47 Å². The molecule has 0 bridgehead atoms. The van der Waals surface area contributed by atoms with Gasteiger partial charge in [0.1, 0.15) is 6.10 Å². The van der Waals surface area contributed by atoms with Crippen molar-refractivity contribution < 1.29 is 19.4 Å². The first-order valence-electron chi connectivity index (χ1n) is 4.27. The molecular formula is C8H12O4. The molecule has 1 N–H and O–H groups in total. The summed E-state index contributed by atoms with van der Waals surface area (Å²) in [6, 6.07) is 0. The second kappa shape index (κ2) is 2.94. The lowest BCUT2D eigenvalue weighted by molar-refractivity contribution is 0.0379. The normalized spacial score (nSPS) is 39.5. The molecule has 4 heteroatoms. The third-order valence-corrected chi connectivity index (χ3v) is 2.67. The molecule has 0 spiro atoms. The Morgan fingerprint density at radius 2 is 2.33 bits per heavy atom. The highest BCUT2D eigenvalue weighted by Crippen LogP contribution is 2.37. The Morgan fingerprint density at radius 3 is 3.00 bits per heavy atom. The third kappa shape index (κ3) is 1.39. The highest BCUT2D eigenvalue weighted by molar-refractivity contribution is 5.57. The van der Waals surface area contributed by atoms with Gasteiger partial charge in [0.2, 0.25) is 0 Å². The Labute approximate surface area is 70.5 Å². The highest BCUT2D eigenvalue weighted by Gasteiger charge is 2.40. The zero-order valence-electron chi connectivity index (χ0n) is 6.73. The number of ether oxygens (including phenoxy) is 2. The van der Waals surface area contributed by atoms with E-state index in [1.807, 2.05) is 0 Å². The van der Waals surface area contributed by atoms with Crippen LogP contribution >= 0.6 is 0 Å². The van der Waals surface area contributed by atoms with E-state index in [4.69, 9.17) is 9.84 Å². The van der Waals surface area contributed by atoms with Crippen molar-refractivity contribution in [3.05, 3.63) is 0 Å². The van der Waals surface area contributed by atoms with Crippen LogP contribution < -0.4 is 0 Å². The van der Waals surface area contributed by atoms with Crippen LogP contribution in [0.3, 0.4) is 0 Å². The fraction of sp³-hybridized carbons (Fsp3) is 0.875. The molecule has 3 unspecified atom stereocenters. The molecule has 1 aliphatic heterocycles. The lowest BCUT2D eigenvalue weighted by Crippen LogP contribution is -2.15. The van der Waals surface area contributed by atoms with Crippen LogP contribution in [0.1, 0.15) is 19.3 Å². The fourth-order valence-corrected chi connectivity index (χ4v) is 2.15. The van der Waals surface area contributed by atoms with Crippen molar-refractivity contribution in [1.82, 2.24) is 0 Å². The van der Waals surface area contributed by atoms with Gasteiger partial charge < -0.3 is 14.6 Å². The molecule has 0 amide bonds. The molecule has 0 aromatic carbocycles. The second-order valence-corrected chi connectivity index (χ2v) is 3.44. The van der Waals surface area contributed by atoms with E-state index in [1.54, 1.807) is 0 Å². The molecule has 2 fully saturated rings. The SMILES string of the molecule is O=C(O)OC1CC2CCOC2C1. The Balaban J connectivity index is 1.86. The molecule has 3 atom stereocenters. The maximum absolute atomic E-state index is 10.2. The molecule has 2 aliphatic rings. The van der Waals surface area contributed by atoms with Gasteiger partial charge in [-0.3, -0.25) is 0 Å². The van der Waals surface area contributed by atoms with Crippen LogP contribution in [-0.4, -0.2) is 30.1 Å². The lowest BCUT2D eigenvalue weighted by Gasteiger charge is -2.08. The summed E-state index contributed by atoms with van der Waals surface area (Å²) in [6.07, 6.45) is 1.62. The minimum atomic E-state index is -1.17.